The average molecular weight is 263 g/mol. The summed E-state index contributed by atoms with van der Waals surface area (Å²) in [6.45, 7) is 8.07. The van der Waals surface area contributed by atoms with E-state index >= 15 is 0 Å². The maximum atomic E-state index is 12.0. The molecule has 1 amide bonds. The SMILES string of the molecule is CCCOc1ccc(C=O)cc1NC(=O)C(C)(C)C. The highest BCUT2D eigenvalue weighted by Gasteiger charge is 2.22. The first-order chi connectivity index (χ1) is 8.88. The zero-order chi connectivity index (χ0) is 14.5. The number of benzene rings is 1. The van der Waals surface area contributed by atoms with Gasteiger partial charge in [-0.2, -0.15) is 0 Å². The highest BCUT2D eigenvalue weighted by atomic mass is 16.5. The number of carbonyl (C=O) groups excluding carboxylic acids is 2. The Morgan fingerprint density at radius 3 is 2.58 bits per heavy atom. The van der Waals surface area contributed by atoms with Crippen LogP contribution >= 0.6 is 0 Å². The molecule has 4 nitrogen and oxygen atoms in total. The molecule has 4 heteroatoms. The first-order valence-electron chi connectivity index (χ1n) is 6.42. The van der Waals surface area contributed by atoms with E-state index in [1.165, 1.54) is 0 Å². The van der Waals surface area contributed by atoms with Crippen LogP contribution in [0.3, 0.4) is 0 Å². The van der Waals surface area contributed by atoms with Gasteiger partial charge in [0.1, 0.15) is 12.0 Å². The number of carbonyl (C=O) groups is 2. The molecule has 0 aromatic heterocycles. The summed E-state index contributed by atoms with van der Waals surface area (Å²) in [6, 6.07) is 5.00. The topological polar surface area (TPSA) is 55.4 Å². The van der Waals surface area contributed by atoms with Gasteiger partial charge in [0, 0.05) is 11.0 Å². The molecule has 1 N–H and O–H groups in total. The third kappa shape index (κ3) is 4.39. The van der Waals surface area contributed by atoms with Crippen LogP contribution in [-0.4, -0.2) is 18.8 Å². The highest BCUT2D eigenvalue weighted by Crippen LogP contribution is 2.27. The second kappa shape index (κ2) is 6.36. The maximum Gasteiger partial charge on any atom is 0.229 e. The number of amides is 1. The lowest BCUT2D eigenvalue weighted by Crippen LogP contribution is -2.27. The van der Waals surface area contributed by atoms with Crippen molar-refractivity contribution in [2.24, 2.45) is 5.41 Å². The van der Waals surface area contributed by atoms with Gasteiger partial charge in [0.05, 0.1) is 12.3 Å². The molecule has 19 heavy (non-hydrogen) atoms. The third-order valence-electron chi connectivity index (χ3n) is 2.53. The molecule has 0 aliphatic heterocycles. The number of ether oxygens (including phenoxy) is 1. The van der Waals surface area contributed by atoms with Gasteiger partial charge in [-0.05, 0) is 24.6 Å². The van der Waals surface area contributed by atoms with Crippen LogP contribution in [0.4, 0.5) is 5.69 Å². The molecule has 0 bridgehead atoms. The van der Waals surface area contributed by atoms with E-state index in [1.807, 2.05) is 27.7 Å². The lowest BCUT2D eigenvalue weighted by Gasteiger charge is -2.19. The van der Waals surface area contributed by atoms with E-state index < -0.39 is 5.41 Å². The minimum Gasteiger partial charge on any atom is -0.491 e. The fourth-order valence-corrected chi connectivity index (χ4v) is 1.37. The van der Waals surface area contributed by atoms with Crippen molar-refractivity contribution in [1.82, 2.24) is 0 Å². The molecule has 1 aromatic rings. The Balaban J connectivity index is 3.00. The molecular weight excluding hydrogens is 242 g/mol. The fourth-order valence-electron chi connectivity index (χ4n) is 1.37. The molecule has 0 unspecified atom stereocenters. The minimum absolute atomic E-state index is 0.114. The normalized spacial score (nSPS) is 10.9. The van der Waals surface area contributed by atoms with Crippen molar-refractivity contribution in [3.63, 3.8) is 0 Å². The summed E-state index contributed by atoms with van der Waals surface area (Å²) in [7, 11) is 0. The molecule has 1 aromatic carbocycles. The van der Waals surface area contributed by atoms with E-state index in [0.29, 0.717) is 23.6 Å². The lowest BCUT2D eigenvalue weighted by atomic mass is 9.95. The first-order valence-corrected chi connectivity index (χ1v) is 6.42. The molecule has 104 valence electrons. The van der Waals surface area contributed by atoms with Crippen molar-refractivity contribution in [1.29, 1.82) is 0 Å². The number of nitrogens with one attached hydrogen (secondary N) is 1. The van der Waals surface area contributed by atoms with E-state index in [9.17, 15) is 9.59 Å². The largest absolute Gasteiger partial charge is 0.491 e. The van der Waals surface area contributed by atoms with Crippen LogP contribution < -0.4 is 10.1 Å². The summed E-state index contributed by atoms with van der Waals surface area (Å²) in [5, 5.41) is 2.81. The molecule has 0 atom stereocenters. The monoisotopic (exact) mass is 263 g/mol. The van der Waals surface area contributed by atoms with Crippen molar-refractivity contribution >= 4 is 17.9 Å². The molecule has 0 saturated carbocycles. The average Bonchev–Trinajstić information content (AvgIpc) is 2.36. The number of rotatable bonds is 5. The lowest BCUT2D eigenvalue weighted by molar-refractivity contribution is -0.123. The van der Waals surface area contributed by atoms with E-state index in [0.717, 1.165) is 12.7 Å². The summed E-state index contributed by atoms with van der Waals surface area (Å²) in [6.07, 6.45) is 1.62. The van der Waals surface area contributed by atoms with Crippen LogP contribution in [0, 0.1) is 5.41 Å². The second-order valence-electron chi connectivity index (χ2n) is 5.43. The zero-order valence-corrected chi connectivity index (χ0v) is 11.9. The van der Waals surface area contributed by atoms with Crippen molar-refractivity contribution in [2.75, 3.05) is 11.9 Å². The number of aldehydes is 1. The second-order valence-corrected chi connectivity index (χ2v) is 5.43. The van der Waals surface area contributed by atoms with E-state index in [2.05, 4.69) is 5.32 Å². The van der Waals surface area contributed by atoms with Gasteiger partial charge in [0.15, 0.2) is 0 Å². The van der Waals surface area contributed by atoms with E-state index in [-0.39, 0.29) is 5.91 Å². The van der Waals surface area contributed by atoms with Gasteiger partial charge in [-0.15, -0.1) is 0 Å². The smallest absolute Gasteiger partial charge is 0.229 e. The molecule has 1 rings (SSSR count). The maximum absolute atomic E-state index is 12.0. The molecular formula is C15H21NO3. The Kier molecular flexibility index (Phi) is 5.10. The Labute approximate surface area is 114 Å². The molecule has 0 spiro atoms. The predicted octanol–water partition coefficient (Wildman–Crippen LogP) is 3.27. The van der Waals surface area contributed by atoms with Crippen LogP contribution in [0.25, 0.3) is 0 Å². The van der Waals surface area contributed by atoms with Crippen LogP contribution in [0.2, 0.25) is 0 Å². The fraction of sp³-hybridized carbons (Fsp3) is 0.467. The van der Waals surface area contributed by atoms with Crippen molar-refractivity contribution in [3.8, 4) is 5.75 Å². The predicted molar refractivity (Wildman–Crippen MR) is 75.7 cm³/mol. The molecule has 0 heterocycles. The van der Waals surface area contributed by atoms with Crippen molar-refractivity contribution in [2.45, 2.75) is 34.1 Å². The molecule has 0 aliphatic rings. The Morgan fingerprint density at radius 1 is 1.37 bits per heavy atom. The summed E-state index contributed by atoms with van der Waals surface area (Å²) in [5.41, 5.74) is 0.546. The highest BCUT2D eigenvalue weighted by molar-refractivity contribution is 5.96. The Bertz CT molecular complexity index is 461. The molecule has 0 aliphatic carbocycles. The van der Waals surface area contributed by atoms with Crippen LogP contribution in [0.1, 0.15) is 44.5 Å². The molecule has 0 fully saturated rings. The van der Waals surface area contributed by atoms with Gasteiger partial charge in [-0.3, -0.25) is 9.59 Å². The van der Waals surface area contributed by atoms with Gasteiger partial charge >= 0.3 is 0 Å². The summed E-state index contributed by atoms with van der Waals surface area (Å²) < 4.78 is 5.57. The van der Waals surface area contributed by atoms with Gasteiger partial charge in [-0.25, -0.2) is 0 Å². The van der Waals surface area contributed by atoms with Crippen molar-refractivity contribution in [3.05, 3.63) is 23.8 Å². The molecule has 0 radical (unpaired) electrons. The summed E-state index contributed by atoms with van der Waals surface area (Å²) >= 11 is 0. The number of anilines is 1. The standard InChI is InChI=1S/C15H21NO3/c1-5-8-19-13-7-6-11(10-17)9-12(13)16-14(18)15(2,3)4/h6-7,9-10H,5,8H2,1-4H3,(H,16,18). The van der Waals surface area contributed by atoms with Crippen LogP contribution in [0.15, 0.2) is 18.2 Å². The number of hydrogen-bond acceptors (Lipinski definition) is 3. The molecule has 0 saturated heterocycles. The van der Waals surface area contributed by atoms with E-state index in [4.69, 9.17) is 4.74 Å². The van der Waals surface area contributed by atoms with Gasteiger partial charge < -0.3 is 10.1 Å². The summed E-state index contributed by atoms with van der Waals surface area (Å²) in [4.78, 5) is 22.8. The minimum atomic E-state index is -0.501. The van der Waals surface area contributed by atoms with Gasteiger partial charge in [0.2, 0.25) is 5.91 Å². The quantitative estimate of drug-likeness (QED) is 0.829. The summed E-state index contributed by atoms with van der Waals surface area (Å²) in [5.74, 6) is 0.474. The Morgan fingerprint density at radius 2 is 2.05 bits per heavy atom. The van der Waals surface area contributed by atoms with Gasteiger partial charge in [0.25, 0.3) is 0 Å². The van der Waals surface area contributed by atoms with Gasteiger partial charge in [-0.1, -0.05) is 27.7 Å². The van der Waals surface area contributed by atoms with Crippen molar-refractivity contribution < 1.29 is 14.3 Å². The Hall–Kier alpha value is -1.84. The third-order valence-corrected chi connectivity index (χ3v) is 2.53. The van der Waals surface area contributed by atoms with Crippen LogP contribution in [0.5, 0.6) is 5.75 Å². The van der Waals surface area contributed by atoms with Crippen LogP contribution in [-0.2, 0) is 4.79 Å². The first kappa shape index (κ1) is 15.2. The zero-order valence-electron chi connectivity index (χ0n) is 11.9. The van der Waals surface area contributed by atoms with E-state index in [1.54, 1.807) is 18.2 Å². The number of hydrogen-bond donors (Lipinski definition) is 1.